The van der Waals surface area contributed by atoms with Crippen molar-refractivity contribution in [1.29, 1.82) is 0 Å². The molecule has 0 saturated heterocycles. The van der Waals surface area contributed by atoms with Gasteiger partial charge in [0.15, 0.2) is 6.61 Å². The number of para-hydroxylation sites is 1. The summed E-state index contributed by atoms with van der Waals surface area (Å²) < 4.78 is 5.39. The molecule has 3 rings (SSSR count). The minimum atomic E-state index is -0.510. The van der Waals surface area contributed by atoms with Gasteiger partial charge in [-0.1, -0.05) is 18.2 Å². The first kappa shape index (κ1) is 17.4. The molecule has 26 heavy (non-hydrogen) atoms. The molecular weight excluding hydrogens is 338 g/mol. The Morgan fingerprint density at radius 2 is 2.08 bits per heavy atom. The van der Waals surface area contributed by atoms with Crippen molar-refractivity contribution in [3.63, 3.8) is 0 Å². The molecular formula is C18H17N3O5. The van der Waals surface area contributed by atoms with E-state index in [4.69, 9.17) is 4.74 Å². The molecule has 0 saturated carbocycles. The zero-order valence-corrected chi connectivity index (χ0v) is 14.1. The van der Waals surface area contributed by atoms with Gasteiger partial charge in [0.05, 0.1) is 17.0 Å². The first-order valence-electron chi connectivity index (χ1n) is 8.09. The Labute approximate surface area is 149 Å². The molecule has 0 aliphatic carbocycles. The number of hydrogen-bond acceptors (Lipinski definition) is 5. The Hall–Kier alpha value is -3.42. The van der Waals surface area contributed by atoms with Crippen LogP contribution in [0.5, 0.6) is 5.75 Å². The predicted molar refractivity (Wildman–Crippen MR) is 95.4 cm³/mol. The number of ether oxygens (including phenoxy) is 1. The van der Waals surface area contributed by atoms with Gasteiger partial charge in [-0.15, -0.1) is 0 Å². The van der Waals surface area contributed by atoms with Crippen molar-refractivity contribution in [3.8, 4) is 5.75 Å². The van der Waals surface area contributed by atoms with Crippen LogP contribution in [0.25, 0.3) is 0 Å². The van der Waals surface area contributed by atoms with E-state index in [2.05, 4.69) is 5.32 Å². The van der Waals surface area contributed by atoms with Gasteiger partial charge in [0, 0.05) is 23.9 Å². The average molecular weight is 355 g/mol. The summed E-state index contributed by atoms with van der Waals surface area (Å²) in [5, 5.41) is 13.8. The number of benzene rings is 2. The number of nitro benzene ring substituents is 1. The lowest BCUT2D eigenvalue weighted by atomic mass is 10.1. The molecule has 0 aromatic heterocycles. The zero-order chi connectivity index (χ0) is 18.7. The first-order chi connectivity index (χ1) is 12.5. The predicted octanol–water partition coefficient (Wildman–Crippen LogP) is 2.52. The average Bonchev–Trinajstić information content (AvgIpc) is 2.61. The molecule has 1 aliphatic heterocycles. The summed E-state index contributed by atoms with van der Waals surface area (Å²) >= 11 is 0. The van der Waals surface area contributed by atoms with Gasteiger partial charge in [-0.2, -0.15) is 0 Å². The number of carbonyl (C=O) groups excluding carboxylic acids is 2. The van der Waals surface area contributed by atoms with E-state index in [1.165, 1.54) is 6.07 Å². The molecule has 1 heterocycles. The number of amides is 2. The van der Waals surface area contributed by atoms with Crippen molar-refractivity contribution in [2.75, 3.05) is 23.4 Å². The van der Waals surface area contributed by atoms with Crippen LogP contribution in [0, 0.1) is 10.1 Å². The van der Waals surface area contributed by atoms with Crippen molar-refractivity contribution in [1.82, 2.24) is 0 Å². The molecule has 8 heteroatoms. The van der Waals surface area contributed by atoms with Crippen LogP contribution in [0.4, 0.5) is 17.1 Å². The van der Waals surface area contributed by atoms with Crippen molar-refractivity contribution in [3.05, 3.63) is 58.1 Å². The summed E-state index contributed by atoms with van der Waals surface area (Å²) in [6.07, 6.45) is -0.124. The van der Waals surface area contributed by atoms with Crippen LogP contribution in [0.2, 0.25) is 0 Å². The van der Waals surface area contributed by atoms with E-state index in [-0.39, 0.29) is 30.5 Å². The third kappa shape index (κ3) is 3.49. The molecule has 2 aromatic rings. The standard InChI is InChI=1S/C18H17N3O5/c1-2-20-15-10-13(7-8-16(15)26-11-18(20)23)19-17(22)9-12-5-3-4-6-14(12)21(24)25/h3-8,10H,2,9,11H2,1H3,(H,19,22). The lowest BCUT2D eigenvalue weighted by Gasteiger charge is -2.28. The quantitative estimate of drug-likeness (QED) is 0.656. The van der Waals surface area contributed by atoms with Crippen molar-refractivity contribution in [2.45, 2.75) is 13.3 Å². The van der Waals surface area contributed by atoms with E-state index in [1.807, 2.05) is 6.92 Å². The number of fused-ring (bicyclic) bond motifs is 1. The summed E-state index contributed by atoms with van der Waals surface area (Å²) in [5.74, 6) is 0.0388. The first-order valence-corrected chi connectivity index (χ1v) is 8.09. The SMILES string of the molecule is CCN1C(=O)COc2ccc(NC(=O)Cc3ccccc3[N+](=O)[O-])cc21. The Balaban J connectivity index is 1.78. The molecule has 0 fully saturated rings. The number of carbonyl (C=O) groups is 2. The number of rotatable bonds is 5. The Kier molecular flexibility index (Phi) is 4.83. The van der Waals surface area contributed by atoms with Gasteiger partial charge in [-0.3, -0.25) is 19.7 Å². The number of hydrogen-bond donors (Lipinski definition) is 1. The number of likely N-dealkylation sites (N-methyl/N-ethyl adjacent to an activating group) is 1. The molecule has 1 aliphatic rings. The molecule has 0 atom stereocenters. The Morgan fingerprint density at radius 3 is 2.81 bits per heavy atom. The highest BCUT2D eigenvalue weighted by atomic mass is 16.6. The molecule has 8 nitrogen and oxygen atoms in total. The molecule has 0 radical (unpaired) electrons. The van der Waals surface area contributed by atoms with E-state index in [0.717, 1.165) is 0 Å². The third-order valence-electron chi connectivity index (χ3n) is 4.04. The summed E-state index contributed by atoms with van der Waals surface area (Å²) in [7, 11) is 0. The Morgan fingerprint density at radius 1 is 1.31 bits per heavy atom. The highest BCUT2D eigenvalue weighted by Crippen LogP contribution is 2.34. The van der Waals surface area contributed by atoms with Crippen LogP contribution >= 0.6 is 0 Å². The van der Waals surface area contributed by atoms with Crippen LogP contribution in [-0.2, 0) is 16.0 Å². The van der Waals surface area contributed by atoms with Gasteiger partial charge in [0.2, 0.25) is 5.91 Å². The molecule has 2 amide bonds. The van der Waals surface area contributed by atoms with Gasteiger partial charge in [0.25, 0.3) is 11.6 Å². The summed E-state index contributed by atoms with van der Waals surface area (Å²) in [6, 6.07) is 11.1. The molecule has 1 N–H and O–H groups in total. The minimum absolute atomic E-state index is 0.00970. The van der Waals surface area contributed by atoms with Crippen LogP contribution in [0.1, 0.15) is 12.5 Å². The van der Waals surface area contributed by atoms with E-state index in [1.54, 1.807) is 41.3 Å². The monoisotopic (exact) mass is 355 g/mol. The normalized spacial score (nSPS) is 13.0. The summed E-state index contributed by atoms with van der Waals surface area (Å²) in [5.41, 5.74) is 1.32. The summed E-state index contributed by atoms with van der Waals surface area (Å²) in [4.78, 5) is 36.3. The Bertz CT molecular complexity index is 881. The van der Waals surface area contributed by atoms with E-state index in [0.29, 0.717) is 29.2 Å². The maximum absolute atomic E-state index is 12.3. The van der Waals surface area contributed by atoms with Crippen molar-refractivity contribution in [2.24, 2.45) is 0 Å². The maximum Gasteiger partial charge on any atom is 0.273 e. The van der Waals surface area contributed by atoms with E-state index < -0.39 is 4.92 Å². The second kappa shape index (κ2) is 7.22. The van der Waals surface area contributed by atoms with Gasteiger partial charge in [-0.25, -0.2) is 0 Å². The third-order valence-corrected chi connectivity index (χ3v) is 4.04. The second-order valence-corrected chi connectivity index (χ2v) is 5.72. The number of anilines is 2. The van der Waals surface area contributed by atoms with Crippen molar-refractivity contribution >= 4 is 28.9 Å². The fraction of sp³-hybridized carbons (Fsp3) is 0.222. The number of nitro groups is 1. The minimum Gasteiger partial charge on any atom is -0.482 e. The highest BCUT2D eigenvalue weighted by Gasteiger charge is 2.24. The lowest BCUT2D eigenvalue weighted by Crippen LogP contribution is -2.38. The van der Waals surface area contributed by atoms with Crippen LogP contribution in [0.3, 0.4) is 0 Å². The van der Waals surface area contributed by atoms with Gasteiger partial charge in [0.1, 0.15) is 5.75 Å². The van der Waals surface area contributed by atoms with Crippen LogP contribution < -0.4 is 15.0 Å². The van der Waals surface area contributed by atoms with Gasteiger partial charge < -0.3 is 15.0 Å². The summed E-state index contributed by atoms with van der Waals surface area (Å²) in [6.45, 7) is 2.33. The smallest absolute Gasteiger partial charge is 0.273 e. The highest BCUT2D eigenvalue weighted by molar-refractivity contribution is 5.99. The zero-order valence-electron chi connectivity index (χ0n) is 14.1. The van der Waals surface area contributed by atoms with Crippen molar-refractivity contribution < 1.29 is 19.2 Å². The fourth-order valence-electron chi connectivity index (χ4n) is 2.84. The maximum atomic E-state index is 12.3. The molecule has 134 valence electrons. The van der Waals surface area contributed by atoms with Gasteiger partial charge in [-0.05, 0) is 25.1 Å². The largest absolute Gasteiger partial charge is 0.482 e. The second-order valence-electron chi connectivity index (χ2n) is 5.72. The molecule has 0 spiro atoms. The van der Waals surface area contributed by atoms with E-state index >= 15 is 0 Å². The molecule has 2 aromatic carbocycles. The van der Waals surface area contributed by atoms with Crippen LogP contribution in [-0.4, -0.2) is 29.9 Å². The molecule has 0 unspecified atom stereocenters. The van der Waals surface area contributed by atoms with Crippen LogP contribution in [0.15, 0.2) is 42.5 Å². The molecule has 0 bridgehead atoms. The lowest BCUT2D eigenvalue weighted by molar-refractivity contribution is -0.385. The van der Waals surface area contributed by atoms with Gasteiger partial charge >= 0.3 is 0 Å². The van der Waals surface area contributed by atoms with E-state index in [9.17, 15) is 19.7 Å². The number of nitrogens with one attached hydrogen (secondary N) is 1. The fourth-order valence-corrected chi connectivity index (χ4v) is 2.84. The topological polar surface area (TPSA) is 102 Å². The number of nitrogens with zero attached hydrogens (tertiary/aromatic N) is 2.